The summed E-state index contributed by atoms with van der Waals surface area (Å²) in [6.45, 7) is 0.656. The van der Waals surface area contributed by atoms with E-state index in [0.29, 0.717) is 13.0 Å². The van der Waals surface area contributed by atoms with Crippen molar-refractivity contribution in [1.82, 2.24) is 5.32 Å². The van der Waals surface area contributed by atoms with Crippen LogP contribution >= 0.6 is 7.60 Å². The third kappa shape index (κ3) is 4.30. The largest absolute Gasteiger partial charge is 0.480 e. The molecule has 1 rings (SSSR count). The molecule has 7 heteroatoms. The van der Waals surface area contributed by atoms with E-state index in [9.17, 15) is 9.36 Å². The number of carboxylic acid groups (broad SMARTS) is 1. The smallest absolute Gasteiger partial charge is 0.325 e. The first-order valence-corrected chi connectivity index (χ1v) is 6.70. The average molecular weight is 237 g/mol. The van der Waals surface area contributed by atoms with E-state index < -0.39 is 19.6 Å². The highest BCUT2D eigenvalue weighted by Crippen LogP contribution is 2.37. The SMILES string of the molecule is O=C(O)C1NCCCC1CCP(=O)(O)O. The normalized spacial score (nSPS) is 27.6. The topological polar surface area (TPSA) is 107 Å². The summed E-state index contributed by atoms with van der Waals surface area (Å²) < 4.78 is 10.7. The minimum atomic E-state index is -4.01. The molecule has 2 atom stereocenters. The first-order chi connectivity index (χ1) is 6.90. The summed E-state index contributed by atoms with van der Waals surface area (Å²) in [6.07, 6.45) is 1.59. The van der Waals surface area contributed by atoms with Gasteiger partial charge in [0.1, 0.15) is 6.04 Å². The van der Waals surface area contributed by atoms with E-state index >= 15 is 0 Å². The molecule has 2 unspecified atom stereocenters. The number of rotatable bonds is 4. The van der Waals surface area contributed by atoms with Gasteiger partial charge < -0.3 is 20.2 Å². The summed E-state index contributed by atoms with van der Waals surface area (Å²) in [4.78, 5) is 28.3. The molecule has 15 heavy (non-hydrogen) atoms. The summed E-state index contributed by atoms with van der Waals surface area (Å²) in [5, 5.41) is 11.7. The van der Waals surface area contributed by atoms with E-state index in [1.54, 1.807) is 0 Å². The van der Waals surface area contributed by atoms with Gasteiger partial charge in [0.2, 0.25) is 0 Å². The zero-order valence-corrected chi connectivity index (χ0v) is 9.19. The van der Waals surface area contributed by atoms with Crippen LogP contribution in [0.3, 0.4) is 0 Å². The van der Waals surface area contributed by atoms with Crippen LogP contribution in [0.25, 0.3) is 0 Å². The summed E-state index contributed by atoms with van der Waals surface area (Å²) >= 11 is 0. The Bertz CT molecular complexity index is 276. The van der Waals surface area contributed by atoms with Gasteiger partial charge in [-0.25, -0.2) is 0 Å². The van der Waals surface area contributed by atoms with E-state index in [2.05, 4.69) is 5.32 Å². The Balaban J connectivity index is 2.50. The fourth-order valence-corrected chi connectivity index (χ4v) is 2.56. The first-order valence-electron chi connectivity index (χ1n) is 4.91. The molecule has 1 fully saturated rings. The van der Waals surface area contributed by atoms with Crippen LogP contribution in [0.2, 0.25) is 0 Å². The molecule has 88 valence electrons. The van der Waals surface area contributed by atoms with Crippen molar-refractivity contribution in [3.05, 3.63) is 0 Å². The van der Waals surface area contributed by atoms with Crippen LogP contribution < -0.4 is 5.32 Å². The fraction of sp³-hybridized carbons (Fsp3) is 0.875. The van der Waals surface area contributed by atoms with Crippen LogP contribution in [0.1, 0.15) is 19.3 Å². The molecule has 1 aliphatic rings. The number of carbonyl (C=O) groups is 1. The summed E-state index contributed by atoms with van der Waals surface area (Å²) in [5.74, 6) is -1.12. The molecule has 0 spiro atoms. The highest BCUT2D eigenvalue weighted by molar-refractivity contribution is 7.51. The molecule has 0 aliphatic carbocycles. The molecule has 0 bridgehead atoms. The van der Waals surface area contributed by atoms with Gasteiger partial charge in [-0.2, -0.15) is 0 Å². The molecule has 0 saturated carbocycles. The van der Waals surface area contributed by atoms with Crippen LogP contribution in [0.4, 0.5) is 0 Å². The van der Waals surface area contributed by atoms with Crippen molar-refractivity contribution in [3.63, 3.8) is 0 Å². The second-order valence-electron chi connectivity index (χ2n) is 3.85. The van der Waals surface area contributed by atoms with Gasteiger partial charge in [0, 0.05) is 0 Å². The third-order valence-electron chi connectivity index (χ3n) is 2.64. The number of nitrogens with one attached hydrogen (secondary N) is 1. The second kappa shape index (κ2) is 5.07. The minimum absolute atomic E-state index is 0.177. The van der Waals surface area contributed by atoms with Gasteiger partial charge in [-0.3, -0.25) is 9.36 Å². The van der Waals surface area contributed by atoms with Crippen molar-refractivity contribution >= 4 is 13.6 Å². The van der Waals surface area contributed by atoms with Gasteiger partial charge in [-0.05, 0) is 31.7 Å². The van der Waals surface area contributed by atoms with Crippen molar-refractivity contribution in [2.24, 2.45) is 5.92 Å². The molecule has 1 saturated heterocycles. The molecule has 6 nitrogen and oxygen atoms in total. The minimum Gasteiger partial charge on any atom is -0.480 e. The van der Waals surface area contributed by atoms with Crippen LogP contribution in [0.15, 0.2) is 0 Å². The average Bonchev–Trinajstić information content (AvgIpc) is 2.14. The van der Waals surface area contributed by atoms with Gasteiger partial charge in [-0.1, -0.05) is 0 Å². The molecular weight excluding hydrogens is 221 g/mol. The molecule has 4 N–H and O–H groups in total. The number of hydrogen-bond acceptors (Lipinski definition) is 3. The van der Waals surface area contributed by atoms with Crippen LogP contribution in [0, 0.1) is 5.92 Å². The quantitative estimate of drug-likeness (QED) is 0.513. The molecule has 0 aromatic carbocycles. The van der Waals surface area contributed by atoms with Gasteiger partial charge in [-0.15, -0.1) is 0 Å². The number of carboxylic acids is 1. The lowest BCUT2D eigenvalue weighted by molar-refractivity contribution is -0.141. The molecular formula is C8H16NO5P. The summed E-state index contributed by atoms with van der Waals surface area (Å²) in [5.41, 5.74) is 0. The predicted molar refractivity (Wildman–Crippen MR) is 53.7 cm³/mol. The Morgan fingerprint density at radius 2 is 2.13 bits per heavy atom. The second-order valence-corrected chi connectivity index (χ2v) is 5.63. The van der Waals surface area contributed by atoms with Crippen molar-refractivity contribution in [2.45, 2.75) is 25.3 Å². The standard InChI is InChI=1S/C8H16NO5P/c10-8(11)7-6(2-1-4-9-7)3-5-15(12,13)14/h6-7,9H,1-5H2,(H,10,11)(H2,12,13,14). The Hall–Kier alpha value is -0.420. The molecule has 1 aliphatic heterocycles. The lowest BCUT2D eigenvalue weighted by Gasteiger charge is -2.29. The first kappa shape index (κ1) is 12.6. The molecule has 1 heterocycles. The highest BCUT2D eigenvalue weighted by Gasteiger charge is 2.31. The van der Waals surface area contributed by atoms with Gasteiger partial charge in [0.25, 0.3) is 0 Å². The molecule has 0 aromatic heterocycles. The van der Waals surface area contributed by atoms with Gasteiger partial charge in [0.15, 0.2) is 0 Å². The number of aliphatic carboxylic acids is 1. The molecule has 0 amide bonds. The van der Waals surface area contributed by atoms with E-state index in [-0.39, 0.29) is 18.5 Å². The van der Waals surface area contributed by atoms with Crippen molar-refractivity contribution in [3.8, 4) is 0 Å². The molecule has 0 aromatic rings. The zero-order valence-electron chi connectivity index (χ0n) is 8.30. The van der Waals surface area contributed by atoms with Gasteiger partial charge in [0.05, 0.1) is 6.16 Å². The third-order valence-corrected chi connectivity index (χ3v) is 3.49. The fourth-order valence-electron chi connectivity index (χ4n) is 1.89. The zero-order chi connectivity index (χ0) is 11.5. The Kier molecular flexibility index (Phi) is 4.28. The predicted octanol–water partition coefficient (Wildman–Crippen LogP) is 0.00700. The Morgan fingerprint density at radius 3 is 2.67 bits per heavy atom. The van der Waals surface area contributed by atoms with Crippen molar-refractivity contribution in [1.29, 1.82) is 0 Å². The molecule has 0 radical (unpaired) electrons. The lowest BCUT2D eigenvalue weighted by Crippen LogP contribution is -2.47. The number of hydrogen-bond donors (Lipinski definition) is 4. The van der Waals surface area contributed by atoms with E-state index in [4.69, 9.17) is 14.9 Å². The monoisotopic (exact) mass is 237 g/mol. The summed E-state index contributed by atoms with van der Waals surface area (Å²) in [7, 11) is -4.01. The number of piperidine rings is 1. The maximum atomic E-state index is 10.8. The van der Waals surface area contributed by atoms with E-state index in [0.717, 1.165) is 6.42 Å². The van der Waals surface area contributed by atoms with E-state index in [1.807, 2.05) is 0 Å². The Labute approximate surface area is 87.8 Å². The maximum absolute atomic E-state index is 10.8. The van der Waals surface area contributed by atoms with Gasteiger partial charge >= 0.3 is 13.6 Å². The Morgan fingerprint density at radius 1 is 1.47 bits per heavy atom. The van der Waals surface area contributed by atoms with Crippen molar-refractivity contribution < 1.29 is 24.3 Å². The van der Waals surface area contributed by atoms with Crippen LogP contribution in [-0.4, -0.2) is 39.6 Å². The van der Waals surface area contributed by atoms with E-state index in [1.165, 1.54) is 0 Å². The maximum Gasteiger partial charge on any atom is 0.325 e. The van der Waals surface area contributed by atoms with Crippen LogP contribution in [-0.2, 0) is 9.36 Å². The highest BCUT2D eigenvalue weighted by atomic mass is 31.2. The summed E-state index contributed by atoms with van der Waals surface area (Å²) in [6, 6.07) is -0.662. The lowest BCUT2D eigenvalue weighted by atomic mass is 9.89. The van der Waals surface area contributed by atoms with Crippen LogP contribution in [0.5, 0.6) is 0 Å². The van der Waals surface area contributed by atoms with Crippen molar-refractivity contribution in [2.75, 3.05) is 12.7 Å².